The minimum Gasteiger partial charge on any atom is -0.319 e. The molecule has 4 rings (SSSR count). The van der Waals surface area contributed by atoms with Crippen molar-refractivity contribution in [2.24, 2.45) is 12.0 Å². The highest BCUT2D eigenvalue weighted by Gasteiger charge is 2.28. The van der Waals surface area contributed by atoms with Crippen molar-refractivity contribution >= 4 is 60.5 Å². The van der Waals surface area contributed by atoms with Gasteiger partial charge < -0.3 is 9.47 Å². The molecule has 7 nitrogen and oxygen atoms in total. The van der Waals surface area contributed by atoms with Crippen molar-refractivity contribution in [3.8, 4) is 0 Å². The number of benzene rings is 2. The van der Waals surface area contributed by atoms with Crippen LogP contribution < -0.4 is 9.70 Å². The van der Waals surface area contributed by atoms with Gasteiger partial charge in [-0.25, -0.2) is 8.42 Å². The molecule has 0 unspecified atom stereocenters. The lowest BCUT2D eigenvalue weighted by atomic mass is 10.0. The van der Waals surface area contributed by atoms with Crippen LogP contribution >= 0.6 is 22.9 Å². The van der Waals surface area contributed by atoms with Gasteiger partial charge >= 0.3 is 0 Å². The third-order valence-electron chi connectivity index (χ3n) is 5.09. The number of anilines is 1. The van der Waals surface area contributed by atoms with Crippen molar-refractivity contribution in [2.75, 3.05) is 23.0 Å². The van der Waals surface area contributed by atoms with E-state index in [0.717, 1.165) is 34.3 Å². The van der Waals surface area contributed by atoms with Gasteiger partial charge in [0.15, 0.2) is 14.6 Å². The van der Waals surface area contributed by atoms with Crippen LogP contribution in [0.25, 0.3) is 10.2 Å². The van der Waals surface area contributed by atoms with E-state index in [1.54, 1.807) is 23.7 Å². The van der Waals surface area contributed by atoms with Gasteiger partial charge in [-0.3, -0.25) is 9.59 Å². The van der Waals surface area contributed by atoms with Crippen LogP contribution in [0.15, 0.2) is 47.5 Å². The Hall–Kier alpha value is -2.49. The molecule has 2 aromatic carbocycles. The van der Waals surface area contributed by atoms with Gasteiger partial charge in [0.05, 0.1) is 10.2 Å². The Morgan fingerprint density at radius 1 is 1.16 bits per heavy atom. The topological polar surface area (TPSA) is 88.8 Å². The normalized spacial score (nSPS) is 14.6. The quantitative estimate of drug-likeness (QED) is 0.578. The number of rotatable bonds is 4. The van der Waals surface area contributed by atoms with Crippen molar-refractivity contribution in [1.82, 2.24) is 4.57 Å². The van der Waals surface area contributed by atoms with Crippen LogP contribution in [0, 0.1) is 0 Å². The molecule has 0 bridgehead atoms. The van der Waals surface area contributed by atoms with E-state index in [9.17, 15) is 18.0 Å². The molecule has 0 N–H and O–H groups in total. The third kappa shape index (κ3) is 4.73. The molecule has 0 spiro atoms. The van der Waals surface area contributed by atoms with Crippen LogP contribution in [0.2, 0.25) is 5.02 Å². The molecule has 0 saturated heterocycles. The second-order valence-electron chi connectivity index (χ2n) is 7.37. The summed E-state index contributed by atoms with van der Waals surface area (Å²) in [7, 11) is -2.22. The van der Waals surface area contributed by atoms with Gasteiger partial charge in [-0.15, -0.1) is 0 Å². The van der Waals surface area contributed by atoms with E-state index in [4.69, 9.17) is 11.6 Å². The molecular weight excluding hydrogens is 458 g/mol. The highest BCUT2D eigenvalue weighted by molar-refractivity contribution is 7.92. The fourth-order valence-electron chi connectivity index (χ4n) is 3.65. The van der Waals surface area contributed by atoms with Crippen LogP contribution in [0.5, 0.6) is 0 Å². The fourth-order valence-corrected chi connectivity index (χ4v) is 6.04. The smallest absolute Gasteiger partial charge is 0.263 e. The Morgan fingerprint density at radius 3 is 2.74 bits per heavy atom. The highest BCUT2D eigenvalue weighted by atomic mass is 35.5. The van der Waals surface area contributed by atoms with Gasteiger partial charge in [0, 0.05) is 24.3 Å². The Bertz CT molecular complexity index is 1360. The van der Waals surface area contributed by atoms with E-state index < -0.39 is 33.2 Å². The Labute approximate surface area is 188 Å². The second kappa shape index (κ2) is 8.57. The van der Waals surface area contributed by atoms with Crippen LogP contribution in [-0.2, 0) is 32.9 Å². The van der Waals surface area contributed by atoms with Gasteiger partial charge in [-0.05, 0) is 42.7 Å². The summed E-state index contributed by atoms with van der Waals surface area (Å²) in [4.78, 5) is 30.9. The number of hydrogen-bond acceptors (Lipinski definition) is 5. The molecule has 0 radical (unpaired) electrons. The number of nitrogens with zero attached hydrogens (tertiary/aromatic N) is 3. The van der Waals surface area contributed by atoms with Crippen molar-refractivity contribution in [3.63, 3.8) is 0 Å². The first-order valence-corrected chi connectivity index (χ1v) is 12.7. The lowest BCUT2D eigenvalue weighted by Gasteiger charge is -2.29. The number of aromatic nitrogens is 1. The summed E-state index contributed by atoms with van der Waals surface area (Å²) in [5, 5.41) is 0.563. The van der Waals surface area contributed by atoms with E-state index in [1.165, 1.54) is 16.2 Å². The molecule has 2 amide bonds. The Morgan fingerprint density at radius 2 is 1.94 bits per heavy atom. The maximum atomic E-state index is 12.7. The van der Waals surface area contributed by atoms with Crippen molar-refractivity contribution in [1.29, 1.82) is 0 Å². The second-order valence-corrected chi connectivity index (χ2v) is 10.9. The maximum Gasteiger partial charge on any atom is 0.263 e. The summed E-state index contributed by atoms with van der Waals surface area (Å²) >= 11 is 7.24. The molecule has 1 aliphatic rings. The minimum atomic E-state index is -3.96. The molecule has 0 aliphatic carbocycles. The summed E-state index contributed by atoms with van der Waals surface area (Å²) in [6, 6.07) is 12.8. The number of halogens is 1. The summed E-state index contributed by atoms with van der Waals surface area (Å²) in [6.45, 7) is 0.462. The molecule has 0 fully saturated rings. The monoisotopic (exact) mass is 477 g/mol. The van der Waals surface area contributed by atoms with E-state index in [1.807, 2.05) is 30.3 Å². The van der Waals surface area contributed by atoms with Gasteiger partial charge in [0.25, 0.3) is 5.91 Å². The number of aryl methyl sites for hydroxylation is 2. The summed E-state index contributed by atoms with van der Waals surface area (Å²) in [5.41, 5.74) is 2.59. The standard InChI is InChI=1S/C21H20ClN3O4S2/c1-24-17-9-8-15(22)11-18(17)30-21(24)23-19(26)12-31(28,29)13-20(27)25-10-4-6-14-5-2-3-7-16(14)25/h2-3,5,7-9,11H,4,6,10,12-13H2,1H3. The number of thiazole rings is 1. The van der Waals surface area contributed by atoms with E-state index in [-0.39, 0.29) is 0 Å². The van der Waals surface area contributed by atoms with Crippen LogP contribution in [0.3, 0.4) is 0 Å². The number of carbonyl (C=O) groups excluding carboxylic acids is 2. The molecule has 3 aromatic rings. The maximum absolute atomic E-state index is 12.7. The van der Waals surface area contributed by atoms with Gasteiger partial charge in [-0.2, -0.15) is 4.99 Å². The SMILES string of the molecule is Cn1c(=NC(=O)CS(=O)(=O)CC(=O)N2CCCc3ccccc32)sc2cc(Cl)ccc21. The van der Waals surface area contributed by atoms with E-state index in [0.29, 0.717) is 16.4 Å². The molecule has 162 valence electrons. The number of para-hydroxylation sites is 1. The molecule has 0 atom stereocenters. The van der Waals surface area contributed by atoms with Crippen LogP contribution in [0.1, 0.15) is 12.0 Å². The highest BCUT2D eigenvalue weighted by Crippen LogP contribution is 2.27. The van der Waals surface area contributed by atoms with Crippen molar-refractivity contribution in [3.05, 3.63) is 57.9 Å². The first-order chi connectivity index (χ1) is 14.7. The van der Waals surface area contributed by atoms with Crippen molar-refractivity contribution < 1.29 is 18.0 Å². The van der Waals surface area contributed by atoms with Crippen LogP contribution in [-0.4, -0.2) is 42.8 Å². The summed E-state index contributed by atoms with van der Waals surface area (Å²) < 4.78 is 27.6. The number of fused-ring (bicyclic) bond motifs is 2. The zero-order valence-electron chi connectivity index (χ0n) is 16.7. The summed E-state index contributed by atoms with van der Waals surface area (Å²) in [6.07, 6.45) is 1.62. The molecular formula is C21H20ClN3O4S2. The molecule has 0 saturated carbocycles. The minimum absolute atomic E-state index is 0.369. The van der Waals surface area contributed by atoms with E-state index >= 15 is 0 Å². The van der Waals surface area contributed by atoms with E-state index in [2.05, 4.69) is 4.99 Å². The predicted molar refractivity (Wildman–Crippen MR) is 122 cm³/mol. The largest absolute Gasteiger partial charge is 0.319 e. The third-order valence-corrected chi connectivity index (χ3v) is 7.79. The number of sulfone groups is 1. The predicted octanol–water partition coefficient (Wildman–Crippen LogP) is 2.71. The van der Waals surface area contributed by atoms with Gasteiger partial charge in [0.2, 0.25) is 5.91 Å². The molecule has 1 aromatic heterocycles. The number of amides is 2. The average Bonchev–Trinajstić information content (AvgIpc) is 3.00. The number of hydrogen-bond donors (Lipinski definition) is 0. The first-order valence-electron chi connectivity index (χ1n) is 9.65. The lowest BCUT2D eigenvalue weighted by Crippen LogP contribution is -2.40. The van der Waals surface area contributed by atoms with Crippen molar-refractivity contribution in [2.45, 2.75) is 12.8 Å². The number of carbonyl (C=O) groups is 2. The Kier molecular flexibility index (Phi) is 6.00. The van der Waals surface area contributed by atoms with Gasteiger partial charge in [-0.1, -0.05) is 41.1 Å². The Balaban J connectivity index is 1.50. The zero-order valence-corrected chi connectivity index (χ0v) is 19.1. The molecule has 1 aliphatic heterocycles. The first kappa shape index (κ1) is 21.7. The molecule has 31 heavy (non-hydrogen) atoms. The molecule has 2 heterocycles. The summed E-state index contributed by atoms with van der Waals surface area (Å²) in [5.74, 6) is -2.87. The average molecular weight is 478 g/mol. The van der Waals surface area contributed by atoms with Gasteiger partial charge in [0.1, 0.15) is 11.5 Å². The zero-order chi connectivity index (χ0) is 22.2. The van der Waals surface area contributed by atoms with Crippen LogP contribution in [0.4, 0.5) is 5.69 Å². The molecule has 10 heteroatoms. The lowest BCUT2D eigenvalue weighted by molar-refractivity contribution is -0.116. The fraction of sp³-hybridized carbons (Fsp3) is 0.286.